The number of nitrogens with one attached hydrogen (secondary N) is 1. The molecule has 1 fully saturated rings. The van der Waals surface area contributed by atoms with Gasteiger partial charge in [-0.3, -0.25) is 9.59 Å². The summed E-state index contributed by atoms with van der Waals surface area (Å²) in [5, 5.41) is 12.2. The minimum atomic E-state index is -0.437. The molecule has 2 rings (SSSR count). The second-order valence-corrected chi connectivity index (χ2v) is 5.61. The van der Waals surface area contributed by atoms with Crippen LogP contribution in [0.4, 0.5) is 0 Å². The number of carbonyl (C=O) groups excluding carboxylic acids is 2. The molecular formula is C15H20N2O3. The molecule has 2 N–H and O–H groups in total. The van der Waals surface area contributed by atoms with Crippen molar-refractivity contribution in [1.29, 1.82) is 0 Å². The van der Waals surface area contributed by atoms with Crippen LogP contribution in [0.25, 0.3) is 0 Å². The fourth-order valence-electron chi connectivity index (χ4n) is 2.41. The fourth-order valence-corrected chi connectivity index (χ4v) is 2.41. The van der Waals surface area contributed by atoms with Crippen LogP contribution in [0, 0.1) is 5.92 Å². The largest absolute Gasteiger partial charge is 0.508 e. The topological polar surface area (TPSA) is 69.6 Å². The zero-order valence-electron chi connectivity index (χ0n) is 11.8. The van der Waals surface area contributed by atoms with E-state index in [4.69, 9.17) is 0 Å². The number of carbonyl (C=O) groups is 2. The highest BCUT2D eigenvalue weighted by molar-refractivity contribution is 5.94. The van der Waals surface area contributed by atoms with Gasteiger partial charge in [-0.05, 0) is 30.0 Å². The summed E-state index contributed by atoms with van der Waals surface area (Å²) in [6.07, 6.45) is 0.640. The van der Waals surface area contributed by atoms with Gasteiger partial charge >= 0.3 is 0 Å². The standard InChI is InChI=1S/C15H20N2O3/c1-10(2)6-13-15(20)17(9-14(19)16-13)8-11-4-3-5-12(18)7-11/h3-5,7,10,13,18H,6,8-9H2,1-2H3,(H,16,19). The summed E-state index contributed by atoms with van der Waals surface area (Å²) in [4.78, 5) is 25.6. The number of rotatable bonds is 4. The maximum atomic E-state index is 12.3. The van der Waals surface area contributed by atoms with Gasteiger partial charge in [0.2, 0.25) is 11.8 Å². The number of phenolic OH excluding ortho intramolecular Hbond substituents is 1. The lowest BCUT2D eigenvalue weighted by molar-refractivity contribution is -0.145. The Balaban J connectivity index is 2.10. The van der Waals surface area contributed by atoms with Crippen LogP contribution in [0.1, 0.15) is 25.8 Å². The van der Waals surface area contributed by atoms with Crippen LogP contribution in [0.15, 0.2) is 24.3 Å². The number of nitrogens with zero attached hydrogens (tertiary/aromatic N) is 1. The molecule has 1 aromatic carbocycles. The van der Waals surface area contributed by atoms with Gasteiger partial charge in [-0.2, -0.15) is 0 Å². The van der Waals surface area contributed by atoms with Crippen molar-refractivity contribution in [3.05, 3.63) is 29.8 Å². The number of phenols is 1. The van der Waals surface area contributed by atoms with Crippen LogP contribution in [-0.2, 0) is 16.1 Å². The first-order valence-corrected chi connectivity index (χ1v) is 6.81. The molecule has 1 saturated heterocycles. The Hall–Kier alpha value is -2.04. The SMILES string of the molecule is CC(C)CC1NC(=O)CN(Cc2cccc(O)c2)C1=O. The van der Waals surface area contributed by atoms with Gasteiger partial charge in [0.1, 0.15) is 11.8 Å². The Morgan fingerprint density at radius 3 is 2.80 bits per heavy atom. The molecule has 5 heteroatoms. The van der Waals surface area contributed by atoms with Crippen molar-refractivity contribution in [2.24, 2.45) is 5.92 Å². The fraction of sp³-hybridized carbons (Fsp3) is 0.467. The van der Waals surface area contributed by atoms with Crippen molar-refractivity contribution < 1.29 is 14.7 Å². The molecule has 1 aromatic rings. The highest BCUT2D eigenvalue weighted by atomic mass is 16.3. The van der Waals surface area contributed by atoms with Gasteiger partial charge in [-0.15, -0.1) is 0 Å². The van der Waals surface area contributed by atoms with Crippen LogP contribution in [0.2, 0.25) is 0 Å². The molecular weight excluding hydrogens is 256 g/mol. The van der Waals surface area contributed by atoms with E-state index >= 15 is 0 Å². The van der Waals surface area contributed by atoms with Gasteiger partial charge in [0.15, 0.2) is 0 Å². The molecule has 1 unspecified atom stereocenters. The predicted molar refractivity (Wildman–Crippen MR) is 74.9 cm³/mol. The Bertz CT molecular complexity index is 514. The van der Waals surface area contributed by atoms with E-state index in [0.29, 0.717) is 18.9 Å². The molecule has 1 atom stereocenters. The molecule has 0 spiro atoms. The predicted octanol–water partition coefficient (Wildman–Crippen LogP) is 1.27. The van der Waals surface area contributed by atoms with Crippen molar-refractivity contribution in [2.45, 2.75) is 32.9 Å². The first-order valence-electron chi connectivity index (χ1n) is 6.81. The average molecular weight is 276 g/mol. The number of benzene rings is 1. The van der Waals surface area contributed by atoms with Crippen LogP contribution in [-0.4, -0.2) is 34.4 Å². The van der Waals surface area contributed by atoms with E-state index < -0.39 is 6.04 Å². The van der Waals surface area contributed by atoms with Crippen LogP contribution < -0.4 is 5.32 Å². The molecule has 1 aliphatic heterocycles. The zero-order valence-corrected chi connectivity index (χ0v) is 11.8. The van der Waals surface area contributed by atoms with E-state index in [-0.39, 0.29) is 24.1 Å². The first-order chi connectivity index (χ1) is 9.45. The minimum Gasteiger partial charge on any atom is -0.508 e. The zero-order chi connectivity index (χ0) is 14.7. The molecule has 1 heterocycles. The van der Waals surface area contributed by atoms with Gasteiger partial charge in [0.25, 0.3) is 0 Å². The van der Waals surface area contributed by atoms with Gasteiger partial charge in [-0.1, -0.05) is 26.0 Å². The third kappa shape index (κ3) is 3.50. The molecule has 2 amide bonds. The summed E-state index contributed by atoms with van der Waals surface area (Å²) in [7, 11) is 0. The summed E-state index contributed by atoms with van der Waals surface area (Å²) >= 11 is 0. The summed E-state index contributed by atoms with van der Waals surface area (Å²) in [5.41, 5.74) is 0.816. The van der Waals surface area contributed by atoms with Crippen molar-refractivity contribution >= 4 is 11.8 Å². The first kappa shape index (κ1) is 14.4. The number of piperazine rings is 1. The molecule has 0 aliphatic carbocycles. The van der Waals surface area contributed by atoms with Crippen LogP contribution >= 0.6 is 0 Å². The summed E-state index contributed by atoms with van der Waals surface area (Å²) in [6, 6.07) is 6.31. The number of amides is 2. The molecule has 1 aliphatic rings. The van der Waals surface area contributed by atoms with Gasteiger partial charge in [0.05, 0.1) is 6.54 Å². The molecule has 108 valence electrons. The van der Waals surface area contributed by atoms with Gasteiger partial charge < -0.3 is 15.3 Å². The number of hydrogen-bond donors (Lipinski definition) is 2. The maximum absolute atomic E-state index is 12.3. The van der Waals surface area contributed by atoms with Crippen molar-refractivity contribution in [1.82, 2.24) is 10.2 Å². The highest BCUT2D eigenvalue weighted by Crippen LogP contribution is 2.17. The minimum absolute atomic E-state index is 0.0540. The Morgan fingerprint density at radius 1 is 1.40 bits per heavy atom. The smallest absolute Gasteiger partial charge is 0.245 e. The average Bonchev–Trinajstić information content (AvgIpc) is 2.34. The van der Waals surface area contributed by atoms with E-state index in [9.17, 15) is 14.7 Å². The number of hydrogen-bond acceptors (Lipinski definition) is 3. The van der Waals surface area contributed by atoms with Gasteiger partial charge in [-0.25, -0.2) is 0 Å². The van der Waals surface area contributed by atoms with E-state index in [1.165, 1.54) is 0 Å². The molecule has 20 heavy (non-hydrogen) atoms. The van der Waals surface area contributed by atoms with E-state index in [0.717, 1.165) is 5.56 Å². The molecule has 5 nitrogen and oxygen atoms in total. The van der Waals surface area contributed by atoms with Crippen molar-refractivity contribution in [3.63, 3.8) is 0 Å². The van der Waals surface area contributed by atoms with Gasteiger partial charge in [0, 0.05) is 6.54 Å². The molecule has 0 aromatic heterocycles. The lowest BCUT2D eigenvalue weighted by atomic mass is 10.0. The normalized spacial score (nSPS) is 19.4. The van der Waals surface area contributed by atoms with Crippen molar-refractivity contribution in [3.8, 4) is 5.75 Å². The van der Waals surface area contributed by atoms with Crippen LogP contribution in [0.3, 0.4) is 0 Å². The summed E-state index contributed by atoms with van der Waals surface area (Å²) < 4.78 is 0. The third-order valence-electron chi connectivity index (χ3n) is 3.27. The quantitative estimate of drug-likeness (QED) is 0.870. The maximum Gasteiger partial charge on any atom is 0.245 e. The van der Waals surface area contributed by atoms with E-state index in [1.54, 1.807) is 23.1 Å². The molecule has 0 bridgehead atoms. The number of aromatic hydroxyl groups is 1. The van der Waals surface area contributed by atoms with E-state index in [2.05, 4.69) is 5.32 Å². The molecule has 0 saturated carbocycles. The Labute approximate surface area is 118 Å². The van der Waals surface area contributed by atoms with E-state index in [1.807, 2.05) is 19.9 Å². The summed E-state index contributed by atoms with van der Waals surface area (Å²) in [6.45, 7) is 4.46. The lowest BCUT2D eigenvalue weighted by Crippen LogP contribution is -2.57. The van der Waals surface area contributed by atoms with Crippen molar-refractivity contribution in [2.75, 3.05) is 6.54 Å². The van der Waals surface area contributed by atoms with Crippen LogP contribution in [0.5, 0.6) is 5.75 Å². The highest BCUT2D eigenvalue weighted by Gasteiger charge is 2.32. The summed E-state index contributed by atoms with van der Waals surface area (Å²) in [5.74, 6) is 0.317. The monoisotopic (exact) mass is 276 g/mol. The lowest BCUT2D eigenvalue weighted by Gasteiger charge is -2.33. The Morgan fingerprint density at radius 2 is 2.15 bits per heavy atom. The Kier molecular flexibility index (Phi) is 4.27. The third-order valence-corrected chi connectivity index (χ3v) is 3.27. The second kappa shape index (κ2) is 5.94. The molecule has 0 radical (unpaired) electrons. The second-order valence-electron chi connectivity index (χ2n) is 5.61.